The summed E-state index contributed by atoms with van der Waals surface area (Å²) < 4.78 is 23.6. The number of hydrogen-bond donors (Lipinski definition) is 2. The number of quaternary nitrogens is 1. The largest absolute Gasteiger partial charge is 0.756 e. The topological polar surface area (TPSA) is 108 Å². The molecule has 1 amide bonds. The van der Waals surface area contributed by atoms with E-state index in [0.29, 0.717) is 23.9 Å². The minimum atomic E-state index is -4.58. The molecule has 0 bridgehead atoms. The first kappa shape index (κ1) is 87.5. The van der Waals surface area contributed by atoms with Gasteiger partial charge in [-0.2, -0.15) is 0 Å². The Kier molecular flexibility index (Phi) is 70.4. The van der Waals surface area contributed by atoms with Crippen LogP contribution in [0.1, 0.15) is 450 Å². The van der Waals surface area contributed by atoms with Gasteiger partial charge in [0.15, 0.2) is 0 Å². The van der Waals surface area contributed by atoms with Gasteiger partial charge >= 0.3 is 0 Å². The molecule has 0 saturated carbocycles. The van der Waals surface area contributed by atoms with E-state index in [2.05, 4.69) is 19.2 Å². The molecule has 528 valence electrons. The second-order valence-corrected chi connectivity index (χ2v) is 30.9. The Bertz CT molecular complexity index is 1390. The zero-order valence-electron chi connectivity index (χ0n) is 60.7. The van der Waals surface area contributed by atoms with Crippen LogP contribution in [0.2, 0.25) is 0 Å². The van der Waals surface area contributed by atoms with E-state index in [0.717, 1.165) is 38.5 Å². The molecule has 0 radical (unpaired) electrons. The summed E-state index contributed by atoms with van der Waals surface area (Å²) in [6, 6.07) is -0.798. The summed E-state index contributed by atoms with van der Waals surface area (Å²) in [6.07, 6.45) is 91.0. The molecule has 0 aliphatic carbocycles. The molecule has 0 aliphatic heterocycles. The summed E-state index contributed by atoms with van der Waals surface area (Å²) in [7, 11) is 1.33. The summed E-state index contributed by atoms with van der Waals surface area (Å²) >= 11 is 0. The van der Waals surface area contributed by atoms with Crippen LogP contribution in [-0.4, -0.2) is 68.5 Å². The van der Waals surface area contributed by atoms with Crippen molar-refractivity contribution in [3.05, 3.63) is 0 Å². The average molecular weight is 1270 g/mol. The van der Waals surface area contributed by atoms with Crippen LogP contribution in [0.5, 0.6) is 0 Å². The smallest absolute Gasteiger partial charge is 0.268 e. The van der Waals surface area contributed by atoms with E-state index >= 15 is 0 Å². The van der Waals surface area contributed by atoms with Crippen LogP contribution in [0.3, 0.4) is 0 Å². The number of rotatable bonds is 77. The molecule has 3 atom stereocenters. The fraction of sp³-hybridized carbons (Fsp3) is 0.987. The van der Waals surface area contributed by atoms with Crippen molar-refractivity contribution in [2.24, 2.45) is 0 Å². The van der Waals surface area contributed by atoms with Crippen LogP contribution in [0.15, 0.2) is 0 Å². The summed E-state index contributed by atoms with van der Waals surface area (Å²) in [5, 5.41) is 14.1. The first-order valence-corrected chi connectivity index (χ1v) is 41.8. The molecule has 3 unspecified atom stereocenters. The van der Waals surface area contributed by atoms with Gasteiger partial charge in [0.2, 0.25) is 5.91 Å². The van der Waals surface area contributed by atoms with E-state index in [4.69, 9.17) is 9.05 Å². The van der Waals surface area contributed by atoms with Crippen molar-refractivity contribution in [2.75, 3.05) is 40.9 Å². The Labute approximate surface area is 552 Å². The van der Waals surface area contributed by atoms with Crippen molar-refractivity contribution in [1.29, 1.82) is 0 Å². The van der Waals surface area contributed by atoms with Crippen LogP contribution in [-0.2, 0) is 18.4 Å². The lowest BCUT2D eigenvalue weighted by Crippen LogP contribution is -2.46. The third-order valence-corrected chi connectivity index (χ3v) is 20.3. The second-order valence-electron chi connectivity index (χ2n) is 29.5. The highest BCUT2D eigenvalue weighted by molar-refractivity contribution is 7.45. The zero-order chi connectivity index (χ0) is 64.1. The van der Waals surface area contributed by atoms with E-state index in [-0.39, 0.29) is 19.1 Å². The third-order valence-electron chi connectivity index (χ3n) is 19.3. The molecular weight excluding hydrogens is 1100 g/mol. The fourth-order valence-electron chi connectivity index (χ4n) is 13.1. The molecule has 0 aromatic heterocycles. The standard InChI is InChI=1S/C79H161N2O6P/c1-6-8-10-12-14-16-18-20-22-24-26-28-30-32-34-35-36-37-38-39-40-41-42-43-44-45-46-47-49-51-53-55-57-59-61-63-65-67-69-71-73-79(83)80-77(76-87-88(84,85)86-75-74-81(3,4)5)78(82)72-70-68-66-64-62-60-58-56-54-52-50-48-33-31-29-27-25-23-21-19-17-15-13-11-9-7-2/h77-78,82H,6-76H2,1-5H3,(H-,80,83,84,85). The second kappa shape index (κ2) is 70.8. The summed E-state index contributed by atoms with van der Waals surface area (Å²) in [5.74, 6) is -0.152. The lowest BCUT2D eigenvalue weighted by molar-refractivity contribution is -0.870. The maximum Gasteiger partial charge on any atom is 0.268 e. The van der Waals surface area contributed by atoms with E-state index in [1.54, 1.807) is 0 Å². The number of unbranched alkanes of at least 4 members (excludes halogenated alkanes) is 64. The maximum atomic E-state index is 13.1. The molecular formula is C79H161N2O6P. The molecule has 9 heteroatoms. The van der Waals surface area contributed by atoms with E-state index in [1.165, 1.54) is 385 Å². The Balaban J connectivity index is 3.85. The molecule has 88 heavy (non-hydrogen) atoms. The minimum Gasteiger partial charge on any atom is -0.756 e. The Morgan fingerprint density at radius 3 is 0.773 bits per heavy atom. The Hall–Kier alpha value is -0.500. The van der Waals surface area contributed by atoms with Crippen molar-refractivity contribution in [1.82, 2.24) is 5.32 Å². The summed E-state index contributed by atoms with van der Waals surface area (Å²) in [4.78, 5) is 25.7. The number of carbonyl (C=O) groups excluding carboxylic acids is 1. The maximum absolute atomic E-state index is 13.1. The van der Waals surface area contributed by atoms with E-state index < -0.39 is 20.0 Å². The Morgan fingerprint density at radius 1 is 0.352 bits per heavy atom. The molecule has 0 saturated heterocycles. The predicted octanol–water partition coefficient (Wildman–Crippen LogP) is 25.6. The number of nitrogens with zero attached hydrogens (tertiary/aromatic N) is 1. The predicted molar refractivity (Wildman–Crippen MR) is 386 cm³/mol. The lowest BCUT2D eigenvalue weighted by atomic mass is 10.0. The van der Waals surface area contributed by atoms with Crippen molar-refractivity contribution in [3.63, 3.8) is 0 Å². The number of aliphatic hydroxyl groups is 1. The van der Waals surface area contributed by atoms with Crippen molar-refractivity contribution in [2.45, 2.75) is 463 Å². The molecule has 0 fully saturated rings. The van der Waals surface area contributed by atoms with Gasteiger partial charge in [0.05, 0.1) is 39.9 Å². The quantitative estimate of drug-likeness (QED) is 0.0357. The molecule has 0 heterocycles. The number of amides is 1. The van der Waals surface area contributed by atoms with Crippen LogP contribution >= 0.6 is 7.82 Å². The van der Waals surface area contributed by atoms with Crippen molar-refractivity contribution < 1.29 is 32.9 Å². The van der Waals surface area contributed by atoms with E-state index in [1.807, 2.05) is 21.1 Å². The number of hydrogen-bond acceptors (Lipinski definition) is 6. The highest BCUT2D eigenvalue weighted by Gasteiger charge is 2.24. The minimum absolute atomic E-state index is 0.0171. The molecule has 0 rings (SSSR count). The molecule has 8 nitrogen and oxygen atoms in total. The van der Waals surface area contributed by atoms with Gasteiger partial charge in [-0.15, -0.1) is 0 Å². The van der Waals surface area contributed by atoms with Crippen LogP contribution in [0.4, 0.5) is 0 Å². The third kappa shape index (κ3) is 72.9. The molecule has 0 aromatic carbocycles. The van der Waals surface area contributed by atoms with Crippen LogP contribution in [0.25, 0.3) is 0 Å². The van der Waals surface area contributed by atoms with Crippen LogP contribution in [0, 0.1) is 0 Å². The van der Waals surface area contributed by atoms with Gasteiger partial charge in [-0.3, -0.25) is 9.36 Å². The number of nitrogens with one attached hydrogen (secondary N) is 1. The number of carbonyl (C=O) groups is 1. The van der Waals surface area contributed by atoms with Crippen molar-refractivity contribution in [3.8, 4) is 0 Å². The lowest BCUT2D eigenvalue weighted by Gasteiger charge is -2.30. The van der Waals surface area contributed by atoms with Gasteiger partial charge in [-0.1, -0.05) is 431 Å². The van der Waals surface area contributed by atoms with Gasteiger partial charge in [0.1, 0.15) is 13.2 Å². The van der Waals surface area contributed by atoms with Crippen molar-refractivity contribution >= 4 is 13.7 Å². The molecule has 0 spiro atoms. The van der Waals surface area contributed by atoms with Gasteiger partial charge in [-0.25, -0.2) is 0 Å². The first-order chi connectivity index (χ1) is 43.0. The van der Waals surface area contributed by atoms with E-state index in [9.17, 15) is 19.4 Å². The number of phosphoric acid groups is 1. The SMILES string of the molecule is CCCCCCCCCCCCCCCCCCCCCCCCCCCCCCCCCCCCCCCCCCC(=O)NC(COP(=O)([O-])OCC[N+](C)(C)C)C(O)CCCCCCCCCCCCCCCCCCCCCCCCCCCC. The summed E-state index contributed by atoms with van der Waals surface area (Å²) in [6.45, 7) is 4.81. The highest BCUT2D eigenvalue weighted by atomic mass is 31.2. The number of phosphoric ester groups is 1. The van der Waals surface area contributed by atoms with Gasteiger partial charge < -0.3 is 28.8 Å². The van der Waals surface area contributed by atoms with Crippen LogP contribution < -0.4 is 10.2 Å². The monoisotopic (exact) mass is 1270 g/mol. The van der Waals surface area contributed by atoms with Gasteiger partial charge in [0, 0.05) is 6.42 Å². The average Bonchev–Trinajstić information content (AvgIpc) is 3.71. The molecule has 2 N–H and O–H groups in total. The fourth-order valence-corrected chi connectivity index (χ4v) is 13.8. The normalized spacial score (nSPS) is 13.4. The first-order valence-electron chi connectivity index (χ1n) is 40.4. The molecule has 0 aromatic rings. The highest BCUT2D eigenvalue weighted by Crippen LogP contribution is 2.38. The Morgan fingerprint density at radius 2 is 0.557 bits per heavy atom. The number of aliphatic hydroxyl groups excluding tert-OH is 1. The summed E-state index contributed by atoms with van der Waals surface area (Å²) in [5.41, 5.74) is 0. The molecule has 0 aliphatic rings. The number of likely N-dealkylation sites (N-methyl/N-ethyl adjacent to an activating group) is 1. The zero-order valence-corrected chi connectivity index (χ0v) is 61.6. The van der Waals surface area contributed by atoms with Gasteiger partial charge in [0.25, 0.3) is 7.82 Å². The van der Waals surface area contributed by atoms with Gasteiger partial charge in [-0.05, 0) is 12.8 Å².